The Balaban J connectivity index is 1.73. The number of ether oxygens (including phenoxy) is 1. The SMILES string of the molecule is CCCC(C)C(C)C1COCC1n1cc(-c2nnc(Cc3ccc(F)cc3)s2)c(=O)c(O)c1C(C)=O. The van der Waals surface area contributed by atoms with Crippen LogP contribution in [0.4, 0.5) is 4.39 Å². The molecule has 0 saturated carbocycles. The molecular weight excluding hydrogens is 481 g/mol. The molecule has 4 atom stereocenters. The van der Waals surface area contributed by atoms with Crippen molar-refractivity contribution in [2.45, 2.75) is 53.0 Å². The van der Waals surface area contributed by atoms with Crippen molar-refractivity contribution in [1.29, 1.82) is 0 Å². The average Bonchev–Trinajstić information content (AvgIpc) is 3.51. The molecule has 192 valence electrons. The zero-order valence-corrected chi connectivity index (χ0v) is 21.8. The summed E-state index contributed by atoms with van der Waals surface area (Å²) in [6.45, 7) is 8.90. The van der Waals surface area contributed by atoms with Crippen LogP contribution in [0.15, 0.2) is 35.3 Å². The summed E-state index contributed by atoms with van der Waals surface area (Å²) in [5.74, 6) is -0.352. The first-order chi connectivity index (χ1) is 17.2. The predicted octanol–water partition coefficient (Wildman–Crippen LogP) is 5.26. The second-order valence-electron chi connectivity index (χ2n) is 9.73. The van der Waals surface area contributed by atoms with Gasteiger partial charge in [0.15, 0.2) is 16.5 Å². The van der Waals surface area contributed by atoms with Crippen LogP contribution in [0.2, 0.25) is 0 Å². The summed E-state index contributed by atoms with van der Waals surface area (Å²) < 4.78 is 20.8. The lowest BCUT2D eigenvalue weighted by Gasteiger charge is -2.31. The number of hydrogen-bond donors (Lipinski definition) is 1. The monoisotopic (exact) mass is 513 g/mol. The third kappa shape index (κ3) is 5.27. The van der Waals surface area contributed by atoms with Crippen molar-refractivity contribution >= 4 is 17.1 Å². The second kappa shape index (κ2) is 11.0. The number of Topliss-reactive ketones (excluding diaryl/α,β-unsaturated/α-hetero) is 1. The van der Waals surface area contributed by atoms with E-state index in [4.69, 9.17) is 4.74 Å². The van der Waals surface area contributed by atoms with Crippen molar-refractivity contribution in [2.75, 3.05) is 13.2 Å². The van der Waals surface area contributed by atoms with Gasteiger partial charge in [-0.1, -0.05) is 57.1 Å². The quantitative estimate of drug-likeness (QED) is 0.392. The lowest BCUT2D eigenvalue weighted by atomic mass is 9.79. The molecule has 1 aliphatic rings. The van der Waals surface area contributed by atoms with Gasteiger partial charge in [0.1, 0.15) is 16.5 Å². The van der Waals surface area contributed by atoms with Gasteiger partial charge in [-0.25, -0.2) is 4.39 Å². The lowest BCUT2D eigenvalue weighted by Crippen LogP contribution is -2.30. The first-order valence-corrected chi connectivity index (χ1v) is 13.2. The molecule has 1 N–H and O–H groups in total. The topological polar surface area (TPSA) is 94.3 Å². The Hall–Kier alpha value is -2.91. The Labute approximate surface area is 214 Å². The van der Waals surface area contributed by atoms with E-state index in [1.807, 2.05) is 0 Å². The van der Waals surface area contributed by atoms with E-state index in [0.717, 1.165) is 18.4 Å². The van der Waals surface area contributed by atoms with Gasteiger partial charge in [-0.05, 0) is 29.5 Å². The van der Waals surface area contributed by atoms with E-state index in [9.17, 15) is 19.1 Å². The number of aromatic nitrogens is 3. The van der Waals surface area contributed by atoms with Gasteiger partial charge in [0.25, 0.3) is 0 Å². The third-order valence-electron chi connectivity index (χ3n) is 7.28. The zero-order valence-electron chi connectivity index (χ0n) is 21.0. The highest BCUT2D eigenvalue weighted by molar-refractivity contribution is 7.14. The number of benzene rings is 1. The molecule has 7 nitrogen and oxygen atoms in total. The maximum Gasteiger partial charge on any atom is 0.234 e. The first-order valence-electron chi connectivity index (χ1n) is 12.3. The summed E-state index contributed by atoms with van der Waals surface area (Å²) >= 11 is 1.24. The number of rotatable bonds is 9. The minimum absolute atomic E-state index is 0.00403. The van der Waals surface area contributed by atoms with Gasteiger partial charge in [-0.3, -0.25) is 9.59 Å². The van der Waals surface area contributed by atoms with Crippen LogP contribution in [-0.2, 0) is 11.2 Å². The van der Waals surface area contributed by atoms with Crippen LogP contribution in [0.1, 0.15) is 67.6 Å². The van der Waals surface area contributed by atoms with Crippen LogP contribution in [0.5, 0.6) is 5.75 Å². The van der Waals surface area contributed by atoms with E-state index in [-0.39, 0.29) is 34.8 Å². The Morgan fingerprint density at radius 1 is 1.25 bits per heavy atom. The molecule has 2 aromatic heterocycles. The fourth-order valence-electron chi connectivity index (χ4n) is 5.08. The fourth-order valence-corrected chi connectivity index (χ4v) is 5.96. The number of hydrogen-bond acceptors (Lipinski definition) is 7. The van der Waals surface area contributed by atoms with Gasteiger partial charge in [0, 0.05) is 25.5 Å². The summed E-state index contributed by atoms with van der Waals surface area (Å²) in [6.07, 6.45) is 4.24. The van der Waals surface area contributed by atoms with Crippen LogP contribution in [0.25, 0.3) is 10.6 Å². The number of carbonyl (C=O) groups excluding carboxylic acids is 1. The summed E-state index contributed by atoms with van der Waals surface area (Å²) in [4.78, 5) is 25.7. The molecule has 1 fully saturated rings. The number of aromatic hydroxyl groups is 1. The number of nitrogens with zero attached hydrogens (tertiary/aromatic N) is 3. The molecule has 0 bridgehead atoms. The van der Waals surface area contributed by atoms with Crippen LogP contribution in [0.3, 0.4) is 0 Å². The summed E-state index contributed by atoms with van der Waals surface area (Å²) in [6, 6.07) is 5.93. The first kappa shape index (κ1) is 26.2. The van der Waals surface area contributed by atoms with Gasteiger partial charge < -0.3 is 14.4 Å². The number of pyridine rings is 1. The maximum atomic E-state index is 13.2. The highest BCUT2D eigenvalue weighted by Gasteiger charge is 2.38. The highest BCUT2D eigenvalue weighted by Crippen LogP contribution is 2.39. The van der Waals surface area contributed by atoms with E-state index >= 15 is 0 Å². The van der Waals surface area contributed by atoms with Crippen molar-refractivity contribution in [3.63, 3.8) is 0 Å². The van der Waals surface area contributed by atoms with Gasteiger partial charge >= 0.3 is 0 Å². The van der Waals surface area contributed by atoms with Crippen molar-refractivity contribution in [2.24, 2.45) is 17.8 Å². The Kier molecular flexibility index (Phi) is 8.00. The van der Waals surface area contributed by atoms with Crippen molar-refractivity contribution in [3.05, 3.63) is 62.8 Å². The van der Waals surface area contributed by atoms with E-state index < -0.39 is 11.2 Å². The normalized spacial score (nSPS) is 19.4. The highest BCUT2D eigenvalue weighted by atomic mass is 32.1. The van der Waals surface area contributed by atoms with Crippen molar-refractivity contribution in [3.8, 4) is 16.3 Å². The van der Waals surface area contributed by atoms with E-state index in [1.165, 1.54) is 30.4 Å². The van der Waals surface area contributed by atoms with Gasteiger partial charge in [0.05, 0.1) is 24.8 Å². The molecule has 9 heteroatoms. The Bertz CT molecular complexity index is 1290. The number of halogens is 1. The number of ketones is 1. The molecule has 3 aromatic rings. The maximum absolute atomic E-state index is 13.2. The zero-order chi connectivity index (χ0) is 26.0. The molecule has 0 aliphatic carbocycles. The average molecular weight is 514 g/mol. The molecular formula is C27H32FN3O4S. The number of carbonyl (C=O) groups is 1. The van der Waals surface area contributed by atoms with E-state index in [1.54, 1.807) is 22.9 Å². The van der Waals surface area contributed by atoms with E-state index in [0.29, 0.717) is 41.5 Å². The van der Waals surface area contributed by atoms with Crippen LogP contribution in [0, 0.1) is 23.6 Å². The standard InChI is InChI=1S/C27H32FN3O4S/c1-5-6-15(2)16(3)21-13-35-14-22(21)31-12-20(25(33)26(34)24(31)17(4)32)27-30-29-23(36-27)11-18-7-9-19(28)10-8-18/h7-10,12,15-16,21-22,34H,5-6,11,13-14H2,1-4H3. The minimum atomic E-state index is -0.649. The van der Waals surface area contributed by atoms with Gasteiger partial charge in [-0.2, -0.15) is 0 Å². The smallest absolute Gasteiger partial charge is 0.234 e. The molecule has 1 aliphatic heterocycles. The van der Waals surface area contributed by atoms with Crippen molar-refractivity contribution in [1.82, 2.24) is 14.8 Å². The molecule has 4 rings (SSSR count). The minimum Gasteiger partial charge on any atom is -0.503 e. The van der Waals surface area contributed by atoms with E-state index in [2.05, 4.69) is 31.0 Å². The molecule has 3 heterocycles. The largest absolute Gasteiger partial charge is 0.503 e. The summed E-state index contributed by atoms with van der Waals surface area (Å²) in [5, 5.41) is 20.3. The van der Waals surface area contributed by atoms with Crippen LogP contribution >= 0.6 is 11.3 Å². The summed E-state index contributed by atoms with van der Waals surface area (Å²) in [7, 11) is 0. The molecule has 1 saturated heterocycles. The van der Waals surface area contributed by atoms with Gasteiger partial charge in [0.2, 0.25) is 5.43 Å². The van der Waals surface area contributed by atoms with Crippen LogP contribution in [-0.4, -0.2) is 38.9 Å². The molecule has 1 aromatic carbocycles. The van der Waals surface area contributed by atoms with Gasteiger partial charge in [-0.15, -0.1) is 10.2 Å². The molecule has 0 radical (unpaired) electrons. The second-order valence-corrected chi connectivity index (χ2v) is 10.8. The van der Waals surface area contributed by atoms with Crippen molar-refractivity contribution < 1.29 is 19.0 Å². The summed E-state index contributed by atoms with van der Waals surface area (Å²) in [5.41, 5.74) is 0.409. The fraction of sp³-hybridized carbons (Fsp3) is 0.481. The molecule has 0 amide bonds. The molecule has 4 unspecified atom stereocenters. The Morgan fingerprint density at radius 2 is 1.97 bits per heavy atom. The Morgan fingerprint density at radius 3 is 2.64 bits per heavy atom. The third-order valence-corrected chi connectivity index (χ3v) is 8.23. The predicted molar refractivity (Wildman–Crippen MR) is 137 cm³/mol. The molecule has 0 spiro atoms. The van der Waals surface area contributed by atoms with Crippen LogP contribution < -0.4 is 5.43 Å². The molecule has 36 heavy (non-hydrogen) atoms. The lowest BCUT2D eigenvalue weighted by molar-refractivity contribution is 0.0994.